The molecular weight excluding hydrogens is 502 g/mol. The molecule has 10 heteroatoms. The summed E-state index contributed by atoms with van der Waals surface area (Å²) >= 11 is 7.25. The normalized spacial score (nSPS) is 15.9. The average Bonchev–Trinajstić information content (AvgIpc) is 3.41. The highest BCUT2D eigenvalue weighted by atomic mass is 35.5. The summed E-state index contributed by atoms with van der Waals surface area (Å²) in [6.07, 6.45) is 2.83. The van der Waals surface area contributed by atoms with Gasteiger partial charge in [-0.1, -0.05) is 71.5 Å². The van der Waals surface area contributed by atoms with Gasteiger partial charge >= 0.3 is 0 Å². The predicted molar refractivity (Wildman–Crippen MR) is 138 cm³/mol. The number of aliphatic hydroxyl groups excluding tert-OH is 1. The minimum atomic E-state index is -1.12. The first kappa shape index (κ1) is 23.4. The van der Waals surface area contributed by atoms with E-state index in [1.165, 1.54) is 29.2 Å². The number of allylic oxidation sites excluding steroid dienone is 1. The van der Waals surface area contributed by atoms with Gasteiger partial charge in [-0.2, -0.15) is 0 Å². The van der Waals surface area contributed by atoms with E-state index in [2.05, 4.69) is 4.98 Å². The first-order chi connectivity index (χ1) is 17.3. The number of anilines is 1. The molecule has 178 valence electrons. The molecule has 0 saturated heterocycles. The molecule has 1 atom stereocenters. The SMILES string of the molecule is O=C(C=Cc1ccccc1)C1=C(O)C(=O)N(c2nc3ccc(Cl)cc3s2)C1c1cccc([N+](=O)[O-])c1. The zero-order valence-electron chi connectivity index (χ0n) is 18.4. The van der Waals surface area contributed by atoms with Gasteiger partial charge in [-0.05, 0) is 35.4 Å². The summed E-state index contributed by atoms with van der Waals surface area (Å²) in [5.74, 6) is -2.16. The fourth-order valence-corrected chi connectivity index (χ4v) is 5.26. The summed E-state index contributed by atoms with van der Waals surface area (Å²) in [5.41, 5.74) is 1.21. The van der Waals surface area contributed by atoms with E-state index >= 15 is 0 Å². The lowest BCUT2D eigenvalue weighted by Gasteiger charge is -2.24. The van der Waals surface area contributed by atoms with E-state index in [1.54, 1.807) is 42.5 Å². The van der Waals surface area contributed by atoms with E-state index < -0.39 is 28.4 Å². The topological polar surface area (TPSA) is 114 Å². The van der Waals surface area contributed by atoms with E-state index in [0.717, 1.165) is 16.9 Å². The van der Waals surface area contributed by atoms with Crippen LogP contribution in [0, 0.1) is 10.1 Å². The molecule has 1 aliphatic rings. The number of fused-ring (bicyclic) bond motifs is 1. The molecule has 0 aliphatic carbocycles. The van der Waals surface area contributed by atoms with E-state index in [4.69, 9.17) is 11.6 Å². The van der Waals surface area contributed by atoms with Gasteiger partial charge in [0.25, 0.3) is 11.6 Å². The maximum absolute atomic E-state index is 13.3. The first-order valence-corrected chi connectivity index (χ1v) is 11.9. The van der Waals surface area contributed by atoms with Gasteiger partial charge in [-0.15, -0.1) is 0 Å². The van der Waals surface area contributed by atoms with Crippen LogP contribution in [-0.4, -0.2) is 26.7 Å². The van der Waals surface area contributed by atoms with Crippen LogP contribution in [0.15, 0.2) is 90.2 Å². The van der Waals surface area contributed by atoms with Crippen molar-refractivity contribution in [2.45, 2.75) is 6.04 Å². The summed E-state index contributed by atoms with van der Waals surface area (Å²) in [6.45, 7) is 0. The van der Waals surface area contributed by atoms with Crippen molar-refractivity contribution in [1.82, 2.24) is 4.98 Å². The molecule has 1 aromatic heterocycles. The quantitative estimate of drug-likeness (QED) is 0.189. The Kier molecular flexibility index (Phi) is 6.09. The third-order valence-electron chi connectivity index (χ3n) is 5.64. The lowest BCUT2D eigenvalue weighted by molar-refractivity contribution is -0.384. The van der Waals surface area contributed by atoms with Gasteiger partial charge in [-0.25, -0.2) is 4.98 Å². The highest BCUT2D eigenvalue weighted by Gasteiger charge is 2.45. The number of nitrogens with zero attached hydrogens (tertiary/aromatic N) is 3. The average molecular weight is 518 g/mol. The molecule has 0 spiro atoms. The molecule has 0 fully saturated rings. The number of carbonyl (C=O) groups excluding carboxylic acids is 2. The van der Waals surface area contributed by atoms with Crippen LogP contribution in [-0.2, 0) is 9.59 Å². The summed E-state index contributed by atoms with van der Waals surface area (Å²) in [6, 6.07) is 18.6. The summed E-state index contributed by atoms with van der Waals surface area (Å²) in [7, 11) is 0. The Hall–Kier alpha value is -4.34. The van der Waals surface area contributed by atoms with Crippen LogP contribution in [0.2, 0.25) is 5.02 Å². The summed E-state index contributed by atoms with van der Waals surface area (Å²) < 4.78 is 0.700. The monoisotopic (exact) mass is 517 g/mol. The fraction of sp³-hybridized carbons (Fsp3) is 0.0385. The zero-order chi connectivity index (χ0) is 25.4. The van der Waals surface area contributed by atoms with Gasteiger partial charge in [0.1, 0.15) is 0 Å². The lowest BCUT2D eigenvalue weighted by Crippen LogP contribution is -2.30. The molecule has 0 radical (unpaired) electrons. The molecule has 2 heterocycles. The Bertz CT molecular complexity index is 1600. The Morgan fingerprint density at radius 3 is 2.64 bits per heavy atom. The highest BCUT2D eigenvalue weighted by Crippen LogP contribution is 2.44. The van der Waals surface area contributed by atoms with Crippen LogP contribution in [0.25, 0.3) is 16.3 Å². The standard InChI is InChI=1S/C26H16ClN3O5S/c27-17-10-11-19-21(14-17)36-26(28-19)29-23(16-7-4-8-18(13-16)30(34)35)22(24(32)25(29)33)20(31)12-9-15-5-2-1-3-6-15/h1-14,23,32H. The van der Waals surface area contributed by atoms with Crippen molar-refractivity contribution in [3.05, 3.63) is 116 Å². The van der Waals surface area contributed by atoms with Crippen molar-refractivity contribution in [3.63, 3.8) is 0 Å². The van der Waals surface area contributed by atoms with Crippen LogP contribution in [0.1, 0.15) is 17.2 Å². The molecule has 3 aromatic carbocycles. The number of carbonyl (C=O) groups is 2. The van der Waals surface area contributed by atoms with Crippen molar-refractivity contribution in [3.8, 4) is 0 Å². The Labute approximate surface area is 213 Å². The number of rotatable bonds is 6. The van der Waals surface area contributed by atoms with Gasteiger partial charge in [0.05, 0.1) is 26.8 Å². The van der Waals surface area contributed by atoms with Gasteiger partial charge in [0.15, 0.2) is 16.7 Å². The van der Waals surface area contributed by atoms with Crippen LogP contribution in [0.4, 0.5) is 10.8 Å². The number of non-ortho nitro benzene ring substituents is 1. The van der Waals surface area contributed by atoms with E-state index in [9.17, 15) is 24.8 Å². The molecule has 0 saturated carbocycles. The number of amides is 1. The lowest BCUT2D eigenvalue weighted by atomic mass is 9.95. The third kappa shape index (κ3) is 4.26. The maximum Gasteiger partial charge on any atom is 0.296 e. The van der Waals surface area contributed by atoms with E-state index in [0.29, 0.717) is 15.2 Å². The van der Waals surface area contributed by atoms with Crippen LogP contribution in [0.5, 0.6) is 0 Å². The predicted octanol–water partition coefficient (Wildman–Crippen LogP) is 6.04. The van der Waals surface area contributed by atoms with Gasteiger partial charge in [0, 0.05) is 17.2 Å². The van der Waals surface area contributed by atoms with Crippen molar-refractivity contribution in [2.75, 3.05) is 4.90 Å². The second kappa shape index (κ2) is 9.37. The smallest absolute Gasteiger partial charge is 0.296 e. The number of aliphatic hydroxyl groups is 1. The third-order valence-corrected chi connectivity index (χ3v) is 6.89. The highest BCUT2D eigenvalue weighted by molar-refractivity contribution is 7.22. The van der Waals surface area contributed by atoms with Crippen LogP contribution >= 0.6 is 22.9 Å². The van der Waals surface area contributed by atoms with Gasteiger partial charge in [0.2, 0.25) is 0 Å². The van der Waals surface area contributed by atoms with E-state index in [-0.39, 0.29) is 22.0 Å². The number of nitro benzene ring substituents is 1. The fourth-order valence-electron chi connectivity index (χ4n) is 3.99. The van der Waals surface area contributed by atoms with Gasteiger partial charge in [-0.3, -0.25) is 24.6 Å². The zero-order valence-corrected chi connectivity index (χ0v) is 19.9. The number of hydrogen-bond donors (Lipinski definition) is 1. The number of ketones is 1. The Morgan fingerprint density at radius 1 is 1.11 bits per heavy atom. The van der Waals surface area contributed by atoms with Crippen molar-refractivity contribution >= 4 is 61.7 Å². The molecule has 1 aliphatic heterocycles. The number of aromatic nitrogens is 1. The molecular formula is C26H16ClN3O5S. The second-order valence-electron chi connectivity index (χ2n) is 7.91. The molecule has 8 nitrogen and oxygen atoms in total. The first-order valence-electron chi connectivity index (χ1n) is 10.7. The number of benzene rings is 3. The minimum Gasteiger partial charge on any atom is -0.503 e. The molecule has 36 heavy (non-hydrogen) atoms. The molecule has 4 aromatic rings. The Balaban J connectivity index is 1.63. The number of thiazole rings is 1. The number of nitro groups is 1. The number of halogens is 1. The molecule has 1 unspecified atom stereocenters. The molecule has 5 rings (SSSR count). The Morgan fingerprint density at radius 2 is 1.89 bits per heavy atom. The van der Waals surface area contributed by atoms with Crippen molar-refractivity contribution < 1.29 is 19.6 Å². The van der Waals surface area contributed by atoms with Crippen molar-refractivity contribution in [1.29, 1.82) is 0 Å². The maximum atomic E-state index is 13.3. The largest absolute Gasteiger partial charge is 0.503 e. The molecule has 1 amide bonds. The summed E-state index contributed by atoms with van der Waals surface area (Å²) in [5, 5.41) is 23.0. The summed E-state index contributed by atoms with van der Waals surface area (Å²) in [4.78, 5) is 43.2. The minimum absolute atomic E-state index is 0.190. The molecule has 1 N–H and O–H groups in total. The number of hydrogen-bond acceptors (Lipinski definition) is 7. The van der Waals surface area contributed by atoms with Crippen LogP contribution < -0.4 is 4.90 Å². The van der Waals surface area contributed by atoms with Crippen LogP contribution in [0.3, 0.4) is 0 Å². The van der Waals surface area contributed by atoms with E-state index in [1.807, 2.05) is 18.2 Å². The molecule has 0 bridgehead atoms. The second-order valence-corrected chi connectivity index (χ2v) is 9.35. The van der Waals surface area contributed by atoms with Crippen molar-refractivity contribution in [2.24, 2.45) is 0 Å². The van der Waals surface area contributed by atoms with Gasteiger partial charge < -0.3 is 5.11 Å².